The number of fused-ring (bicyclic) bond motifs is 1. The van der Waals surface area contributed by atoms with Crippen molar-refractivity contribution in [2.24, 2.45) is 5.73 Å². The summed E-state index contributed by atoms with van der Waals surface area (Å²) in [4.78, 5) is 27.5. The topological polar surface area (TPSA) is 125 Å². The van der Waals surface area contributed by atoms with Gasteiger partial charge in [-0.1, -0.05) is 18.2 Å². The molecule has 170 valence electrons. The van der Waals surface area contributed by atoms with E-state index in [4.69, 9.17) is 15.2 Å². The van der Waals surface area contributed by atoms with Gasteiger partial charge in [0.1, 0.15) is 6.54 Å². The number of benzene rings is 2. The van der Waals surface area contributed by atoms with Gasteiger partial charge in [-0.25, -0.2) is 0 Å². The first kappa shape index (κ1) is 20.9. The van der Waals surface area contributed by atoms with Crippen molar-refractivity contribution in [1.82, 2.24) is 25.1 Å². The van der Waals surface area contributed by atoms with E-state index in [0.29, 0.717) is 36.7 Å². The fraction of sp³-hybridized carbons (Fsp3) is 0.348. The van der Waals surface area contributed by atoms with Gasteiger partial charge in [0.25, 0.3) is 0 Å². The van der Waals surface area contributed by atoms with E-state index < -0.39 is 5.91 Å². The summed E-state index contributed by atoms with van der Waals surface area (Å²) in [6.45, 7) is 1.93. The summed E-state index contributed by atoms with van der Waals surface area (Å²) in [5.41, 5.74) is 7.39. The second-order valence-electron chi connectivity index (χ2n) is 8.09. The van der Waals surface area contributed by atoms with Crippen LogP contribution >= 0.6 is 0 Å². The zero-order chi connectivity index (χ0) is 22.8. The van der Waals surface area contributed by atoms with E-state index in [1.165, 1.54) is 4.80 Å². The smallest absolute Gasteiger partial charge is 0.248 e. The molecule has 2 aliphatic heterocycles. The van der Waals surface area contributed by atoms with Crippen LogP contribution in [-0.4, -0.2) is 56.7 Å². The van der Waals surface area contributed by atoms with Gasteiger partial charge in [-0.05, 0) is 47.9 Å². The number of carbonyl (C=O) groups is 2. The molecule has 0 bridgehead atoms. The highest BCUT2D eigenvalue weighted by Gasteiger charge is 2.31. The van der Waals surface area contributed by atoms with Crippen LogP contribution in [0.3, 0.4) is 0 Å². The molecule has 3 heterocycles. The Morgan fingerprint density at radius 1 is 1.03 bits per heavy atom. The lowest BCUT2D eigenvalue weighted by atomic mass is 10.0. The average molecular weight is 448 g/mol. The Morgan fingerprint density at radius 2 is 1.82 bits per heavy atom. The molecule has 1 fully saturated rings. The van der Waals surface area contributed by atoms with Gasteiger partial charge >= 0.3 is 0 Å². The highest BCUT2D eigenvalue weighted by atomic mass is 16.5. The Morgan fingerprint density at radius 3 is 2.61 bits per heavy atom. The molecule has 0 radical (unpaired) electrons. The maximum atomic E-state index is 13.1. The predicted molar refractivity (Wildman–Crippen MR) is 118 cm³/mol. The van der Waals surface area contributed by atoms with Crippen LogP contribution in [0.25, 0.3) is 11.4 Å². The lowest BCUT2D eigenvalue weighted by Crippen LogP contribution is -2.34. The van der Waals surface area contributed by atoms with E-state index in [1.54, 1.807) is 24.3 Å². The summed E-state index contributed by atoms with van der Waals surface area (Å²) < 4.78 is 11.5. The van der Waals surface area contributed by atoms with Gasteiger partial charge in [0.2, 0.25) is 17.6 Å². The van der Waals surface area contributed by atoms with Gasteiger partial charge in [0.15, 0.2) is 11.5 Å². The molecular weight excluding hydrogens is 424 g/mol. The maximum absolute atomic E-state index is 13.1. The first-order valence-electron chi connectivity index (χ1n) is 11.0. The number of likely N-dealkylation sites (tertiary alicyclic amines) is 1. The molecule has 3 aromatic rings. The first-order valence-corrected chi connectivity index (χ1v) is 11.0. The number of tetrazole rings is 1. The van der Waals surface area contributed by atoms with Gasteiger partial charge in [-0.2, -0.15) is 4.80 Å². The first-order chi connectivity index (χ1) is 16.1. The molecule has 0 spiro atoms. The van der Waals surface area contributed by atoms with E-state index in [-0.39, 0.29) is 18.5 Å². The zero-order valence-electron chi connectivity index (χ0n) is 18.0. The predicted octanol–water partition coefficient (Wildman–Crippen LogP) is 1.96. The van der Waals surface area contributed by atoms with E-state index in [0.717, 1.165) is 36.3 Å². The number of amides is 2. The standard InChI is InChI=1S/C23H24N6O4/c24-22(31)15-4-6-16(7-5-15)23-25-27-29(26-23)14-21(30)28-10-1-3-18(28)17-8-9-19-20(13-17)33-12-2-11-32-19/h4-9,13,18H,1-3,10-12,14H2,(H2,24,31)/t18-/m1/s1. The molecule has 2 aromatic carbocycles. The van der Waals surface area contributed by atoms with Crippen molar-refractivity contribution in [1.29, 1.82) is 0 Å². The average Bonchev–Trinajstić information content (AvgIpc) is 3.44. The summed E-state index contributed by atoms with van der Waals surface area (Å²) in [7, 11) is 0. The van der Waals surface area contributed by atoms with Gasteiger partial charge in [0, 0.05) is 24.1 Å². The second kappa shape index (κ2) is 8.89. The number of carbonyl (C=O) groups excluding carboxylic acids is 2. The van der Waals surface area contributed by atoms with Gasteiger partial charge in [-0.15, -0.1) is 10.2 Å². The third kappa shape index (κ3) is 4.36. The van der Waals surface area contributed by atoms with Gasteiger partial charge < -0.3 is 20.1 Å². The third-order valence-electron chi connectivity index (χ3n) is 5.89. The summed E-state index contributed by atoms with van der Waals surface area (Å²) in [5, 5.41) is 12.4. The van der Waals surface area contributed by atoms with Crippen molar-refractivity contribution < 1.29 is 19.1 Å². The Labute approximate surface area is 190 Å². The van der Waals surface area contributed by atoms with Crippen LogP contribution in [0.2, 0.25) is 0 Å². The molecule has 10 heteroatoms. The van der Waals surface area contributed by atoms with Crippen LogP contribution in [0.1, 0.15) is 41.2 Å². The molecule has 0 saturated carbocycles. The Bertz CT molecular complexity index is 1180. The highest BCUT2D eigenvalue weighted by molar-refractivity contribution is 5.93. The van der Waals surface area contributed by atoms with Gasteiger partial charge in [-0.3, -0.25) is 9.59 Å². The quantitative estimate of drug-likeness (QED) is 0.632. The lowest BCUT2D eigenvalue weighted by Gasteiger charge is -2.25. The molecule has 2 aliphatic rings. The molecule has 2 N–H and O–H groups in total. The van der Waals surface area contributed by atoms with Gasteiger partial charge in [0.05, 0.1) is 19.3 Å². The molecular formula is C23H24N6O4. The van der Waals surface area contributed by atoms with Crippen LogP contribution in [0.4, 0.5) is 0 Å². The molecule has 1 aromatic heterocycles. The van der Waals surface area contributed by atoms with Crippen molar-refractivity contribution in [3.63, 3.8) is 0 Å². The number of aromatic nitrogens is 4. The zero-order valence-corrected chi connectivity index (χ0v) is 18.0. The molecule has 2 amide bonds. The molecule has 5 rings (SSSR count). The van der Waals surface area contributed by atoms with E-state index in [9.17, 15) is 9.59 Å². The number of rotatable bonds is 5. The summed E-state index contributed by atoms with van der Waals surface area (Å²) in [5.74, 6) is 1.28. The van der Waals surface area contributed by atoms with Crippen LogP contribution in [0.5, 0.6) is 11.5 Å². The number of primary amides is 1. The monoisotopic (exact) mass is 448 g/mol. The molecule has 10 nitrogen and oxygen atoms in total. The number of hydrogen-bond donors (Lipinski definition) is 1. The third-order valence-corrected chi connectivity index (χ3v) is 5.89. The number of nitrogens with zero attached hydrogens (tertiary/aromatic N) is 5. The fourth-order valence-corrected chi connectivity index (χ4v) is 4.22. The SMILES string of the molecule is NC(=O)c1ccc(-c2nnn(CC(=O)N3CCC[C@@H]3c3ccc4c(c3)OCCCO4)n2)cc1. The minimum atomic E-state index is -0.502. The minimum absolute atomic E-state index is 0.00653. The van der Waals surface area contributed by atoms with Crippen molar-refractivity contribution in [3.8, 4) is 22.9 Å². The van der Waals surface area contributed by atoms with E-state index >= 15 is 0 Å². The van der Waals surface area contributed by atoms with E-state index in [1.807, 2.05) is 23.1 Å². The van der Waals surface area contributed by atoms with Crippen LogP contribution in [-0.2, 0) is 11.3 Å². The van der Waals surface area contributed by atoms with Crippen molar-refractivity contribution in [2.45, 2.75) is 31.8 Å². The van der Waals surface area contributed by atoms with Crippen LogP contribution in [0.15, 0.2) is 42.5 Å². The van der Waals surface area contributed by atoms with E-state index in [2.05, 4.69) is 15.4 Å². The number of nitrogens with two attached hydrogens (primary N) is 1. The Hall–Kier alpha value is -3.95. The summed E-state index contributed by atoms with van der Waals surface area (Å²) in [6.07, 6.45) is 2.65. The molecule has 1 saturated heterocycles. The summed E-state index contributed by atoms with van der Waals surface area (Å²) in [6, 6.07) is 12.5. The molecule has 33 heavy (non-hydrogen) atoms. The fourth-order valence-electron chi connectivity index (χ4n) is 4.22. The summed E-state index contributed by atoms with van der Waals surface area (Å²) >= 11 is 0. The largest absolute Gasteiger partial charge is 0.490 e. The molecule has 0 aliphatic carbocycles. The van der Waals surface area contributed by atoms with Crippen molar-refractivity contribution >= 4 is 11.8 Å². The lowest BCUT2D eigenvalue weighted by molar-refractivity contribution is -0.133. The van der Waals surface area contributed by atoms with Crippen molar-refractivity contribution in [3.05, 3.63) is 53.6 Å². The Balaban J connectivity index is 1.29. The Kier molecular flexibility index (Phi) is 5.64. The molecule has 0 unspecified atom stereocenters. The minimum Gasteiger partial charge on any atom is -0.490 e. The number of hydrogen-bond acceptors (Lipinski definition) is 7. The van der Waals surface area contributed by atoms with Crippen molar-refractivity contribution in [2.75, 3.05) is 19.8 Å². The van der Waals surface area contributed by atoms with Crippen LogP contribution in [0, 0.1) is 0 Å². The highest BCUT2D eigenvalue weighted by Crippen LogP contribution is 2.38. The maximum Gasteiger partial charge on any atom is 0.248 e. The normalized spacial score (nSPS) is 17.6. The number of ether oxygens (including phenoxy) is 2. The molecule has 1 atom stereocenters. The van der Waals surface area contributed by atoms with Crippen LogP contribution < -0.4 is 15.2 Å². The second-order valence-corrected chi connectivity index (χ2v) is 8.09.